The molecule has 0 aliphatic heterocycles. The van der Waals surface area contributed by atoms with Crippen molar-refractivity contribution in [2.24, 2.45) is 4.99 Å². The minimum absolute atomic E-state index is 0. The fourth-order valence-electron chi connectivity index (χ4n) is 2.33. The van der Waals surface area contributed by atoms with Crippen LogP contribution >= 0.6 is 24.0 Å². The van der Waals surface area contributed by atoms with Gasteiger partial charge in [0.15, 0.2) is 5.96 Å². The van der Waals surface area contributed by atoms with E-state index in [-0.39, 0.29) is 35.9 Å². The van der Waals surface area contributed by atoms with Gasteiger partial charge in [0, 0.05) is 38.7 Å². The van der Waals surface area contributed by atoms with Gasteiger partial charge in [-0.3, -0.25) is 14.6 Å². The smallest absolute Gasteiger partial charge is 0.305 e. The highest BCUT2D eigenvalue weighted by atomic mass is 127. The highest BCUT2D eigenvalue weighted by Crippen LogP contribution is 2.05. The van der Waals surface area contributed by atoms with E-state index in [0.29, 0.717) is 38.1 Å². The van der Waals surface area contributed by atoms with Gasteiger partial charge in [-0.25, -0.2) is 0 Å². The summed E-state index contributed by atoms with van der Waals surface area (Å²) in [4.78, 5) is 27.4. The number of guanidine groups is 1. The van der Waals surface area contributed by atoms with E-state index in [2.05, 4.69) is 20.9 Å². The first-order chi connectivity index (χ1) is 12.6. The Kier molecular flexibility index (Phi) is 14.2. The van der Waals surface area contributed by atoms with Gasteiger partial charge in [0.2, 0.25) is 0 Å². The normalized spacial score (nSPS) is 10.6. The topological polar surface area (TPSA) is 91.8 Å². The van der Waals surface area contributed by atoms with E-state index in [0.717, 1.165) is 24.5 Å². The average molecular weight is 490 g/mol. The molecule has 0 aliphatic carbocycles. The molecule has 0 aromatic heterocycles. The lowest BCUT2D eigenvalue weighted by Gasteiger charge is -2.11. The molecule has 0 heterocycles. The van der Waals surface area contributed by atoms with Crippen LogP contribution in [0.5, 0.6) is 0 Å². The summed E-state index contributed by atoms with van der Waals surface area (Å²) >= 11 is 0. The van der Waals surface area contributed by atoms with Gasteiger partial charge in [-0.05, 0) is 44.4 Å². The number of ether oxygens (including phenoxy) is 1. The highest BCUT2D eigenvalue weighted by molar-refractivity contribution is 14.0. The minimum Gasteiger partial charge on any atom is -0.466 e. The Morgan fingerprint density at radius 3 is 2.63 bits per heavy atom. The quantitative estimate of drug-likeness (QED) is 0.154. The predicted molar refractivity (Wildman–Crippen MR) is 119 cm³/mol. The summed E-state index contributed by atoms with van der Waals surface area (Å²) in [5.41, 5.74) is 1.74. The number of hydrogen-bond acceptors (Lipinski definition) is 4. The summed E-state index contributed by atoms with van der Waals surface area (Å²) in [6.07, 6.45) is 1.81. The summed E-state index contributed by atoms with van der Waals surface area (Å²) < 4.78 is 4.90. The second-order valence-corrected chi connectivity index (χ2v) is 5.63. The Hall–Kier alpha value is -1.84. The lowest BCUT2D eigenvalue weighted by molar-refractivity contribution is -0.143. The van der Waals surface area contributed by atoms with Crippen LogP contribution < -0.4 is 16.0 Å². The maximum absolute atomic E-state index is 11.7. The SMILES string of the molecule is CCNC(=NCCCC(=O)OCC)NCCc1cccc(C(=O)NC)c1.I. The third kappa shape index (κ3) is 10.8. The summed E-state index contributed by atoms with van der Waals surface area (Å²) in [6, 6.07) is 7.57. The molecule has 7 nitrogen and oxygen atoms in total. The lowest BCUT2D eigenvalue weighted by Crippen LogP contribution is -2.38. The van der Waals surface area contributed by atoms with E-state index in [1.807, 2.05) is 25.1 Å². The molecular formula is C19H31IN4O3. The molecule has 152 valence electrons. The van der Waals surface area contributed by atoms with Gasteiger partial charge in [0.05, 0.1) is 6.61 Å². The molecule has 1 aromatic carbocycles. The van der Waals surface area contributed by atoms with Gasteiger partial charge in [0.1, 0.15) is 0 Å². The van der Waals surface area contributed by atoms with Crippen LogP contribution in [0.1, 0.15) is 42.6 Å². The first kappa shape index (κ1) is 25.2. The number of nitrogens with one attached hydrogen (secondary N) is 3. The largest absolute Gasteiger partial charge is 0.466 e. The van der Waals surface area contributed by atoms with Crippen LogP contribution in [0, 0.1) is 0 Å². The molecule has 0 fully saturated rings. The minimum atomic E-state index is -0.184. The number of carbonyl (C=O) groups is 2. The van der Waals surface area contributed by atoms with Crippen molar-refractivity contribution in [1.29, 1.82) is 0 Å². The Bertz CT molecular complexity index is 608. The van der Waals surface area contributed by atoms with Crippen molar-refractivity contribution >= 4 is 41.8 Å². The number of amides is 1. The molecule has 1 rings (SSSR count). The van der Waals surface area contributed by atoms with Gasteiger partial charge in [-0.15, -0.1) is 24.0 Å². The number of halogens is 1. The van der Waals surface area contributed by atoms with Crippen molar-refractivity contribution in [1.82, 2.24) is 16.0 Å². The van der Waals surface area contributed by atoms with Crippen molar-refractivity contribution in [3.63, 3.8) is 0 Å². The third-order valence-corrected chi connectivity index (χ3v) is 3.58. The number of hydrogen-bond donors (Lipinski definition) is 3. The van der Waals surface area contributed by atoms with Crippen LogP contribution in [-0.4, -0.2) is 51.1 Å². The van der Waals surface area contributed by atoms with Crippen LogP contribution in [-0.2, 0) is 16.0 Å². The second kappa shape index (κ2) is 15.2. The summed E-state index contributed by atoms with van der Waals surface area (Å²) in [6.45, 7) is 6.22. The van der Waals surface area contributed by atoms with Crippen LogP contribution in [0.3, 0.4) is 0 Å². The highest BCUT2D eigenvalue weighted by Gasteiger charge is 2.04. The van der Waals surface area contributed by atoms with Crippen molar-refractivity contribution < 1.29 is 14.3 Å². The molecule has 27 heavy (non-hydrogen) atoms. The first-order valence-corrected chi connectivity index (χ1v) is 9.09. The van der Waals surface area contributed by atoms with Crippen LogP contribution in [0.4, 0.5) is 0 Å². The Morgan fingerprint density at radius 2 is 1.96 bits per heavy atom. The van der Waals surface area contributed by atoms with E-state index in [4.69, 9.17) is 4.74 Å². The zero-order valence-electron chi connectivity index (χ0n) is 16.3. The van der Waals surface area contributed by atoms with E-state index < -0.39 is 0 Å². The fraction of sp³-hybridized carbons (Fsp3) is 0.526. The molecular weight excluding hydrogens is 459 g/mol. The van der Waals surface area contributed by atoms with Crippen LogP contribution in [0.25, 0.3) is 0 Å². The fourth-order valence-corrected chi connectivity index (χ4v) is 2.33. The van der Waals surface area contributed by atoms with E-state index >= 15 is 0 Å². The molecule has 0 saturated carbocycles. The van der Waals surface area contributed by atoms with Crippen molar-refractivity contribution in [2.45, 2.75) is 33.1 Å². The first-order valence-electron chi connectivity index (χ1n) is 9.09. The van der Waals surface area contributed by atoms with Crippen molar-refractivity contribution in [2.75, 3.05) is 33.3 Å². The van der Waals surface area contributed by atoms with Crippen molar-refractivity contribution in [3.8, 4) is 0 Å². The number of benzene rings is 1. The molecule has 0 saturated heterocycles. The average Bonchev–Trinajstić information content (AvgIpc) is 2.65. The molecule has 8 heteroatoms. The monoisotopic (exact) mass is 490 g/mol. The standard InChI is InChI=1S/C19H30N4O3.HI/c1-4-21-19(22-12-7-10-17(24)26-5-2)23-13-11-15-8-6-9-16(14-15)18(25)20-3;/h6,8-9,14H,4-5,7,10-13H2,1-3H3,(H,20,25)(H2,21,22,23);1H. The molecule has 1 amide bonds. The molecule has 0 spiro atoms. The summed E-state index contributed by atoms with van der Waals surface area (Å²) in [5, 5.41) is 9.07. The molecule has 0 unspecified atom stereocenters. The summed E-state index contributed by atoms with van der Waals surface area (Å²) in [7, 11) is 1.62. The number of rotatable bonds is 10. The molecule has 0 bridgehead atoms. The Labute approximate surface area is 178 Å². The van der Waals surface area contributed by atoms with Gasteiger partial charge >= 0.3 is 5.97 Å². The van der Waals surface area contributed by atoms with E-state index in [1.54, 1.807) is 20.0 Å². The molecule has 0 radical (unpaired) electrons. The van der Waals surface area contributed by atoms with Crippen molar-refractivity contribution in [3.05, 3.63) is 35.4 Å². The third-order valence-electron chi connectivity index (χ3n) is 3.58. The van der Waals surface area contributed by atoms with E-state index in [9.17, 15) is 9.59 Å². The number of carbonyl (C=O) groups excluding carboxylic acids is 2. The maximum atomic E-state index is 11.7. The van der Waals surface area contributed by atoms with Gasteiger partial charge in [-0.2, -0.15) is 0 Å². The number of aliphatic imine (C=N–C) groups is 1. The Morgan fingerprint density at radius 1 is 1.19 bits per heavy atom. The number of nitrogens with zero attached hydrogens (tertiary/aromatic N) is 1. The van der Waals surface area contributed by atoms with Crippen LogP contribution in [0.15, 0.2) is 29.3 Å². The molecule has 0 atom stereocenters. The number of esters is 1. The molecule has 1 aromatic rings. The zero-order chi connectivity index (χ0) is 19.2. The molecule has 0 aliphatic rings. The van der Waals surface area contributed by atoms with Gasteiger partial charge in [0.25, 0.3) is 5.91 Å². The second-order valence-electron chi connectivity index (χ2n) is 5.63. The van der Waals surface area contributed by atoms with E-state index in [1.165, 1.54) is 0 Å². The van der Waals surface area contributed by atoms with Crippen LogP contribution in [0.2, 0.25) is 0 Å². The Balaban J connectivity index is 0.00000676. The predicted octanol–water partition coefficient (Wildman–Crippen LogP) is 2.11. The molecule has 3 N–H and O–H groups in total. The van der Waals surface area contributed by atoms with Gasteiger partial charge < -0.3 is 20.7 Å². The summed E-state index contributed by atoms with van der Waals surface area (Å²) in [5.74, 6) is 0.451. The van der Waals surface area contributed by atoms with Gasteiger partial charge in [-0.1, -0.05) is 12.1 Å². The lowest BCUT2D eigenvalue weighted by atomic mass is 10.1. The maximum Gasteiger partial charge on any atom is 0.305 e. The zero-order valence-corrected chi connectivity index (χ0v) is 18.7.